The molecule has 0 radical (unpaired) electrons. The van der Waals surface area contributed by atoms with Crippen LogP contribution in [0.5, 0.6) is 0 Å². The molecule has 0 saturated carbocycles. The summed E-state index contributed by atoms with van der Waals surface area (Å²) in [5.41, 5.74) is 0. The maximum absolute atomic E-state index is 10.3. The summed E-state index contributed by atoms with van der Waals surface area (Å²) in [5.74, 6) is -0.754. The number of rotatable bonds is 12. The Morgan fingerprint density at radius 2 is 1.71 bits per heavy atom. The van der Waals surface area contributed by atoms with Crippen LogP contribution in [-0.2, 0) is 9.53 Å². The first kappa shape index (κ1) is 19.9. The average molecular weight is 328 g/mol. The zero-order chi connectivity index (χ0) is 17.5. The molecular formula is C21H28O3. The van der Waals surface area contributed by atoms with Gasteiger partial charge in [-0.2, -0.15) is 0 Å². The second-order valence-corrected chi connectivity index (χ2v) is 5.48. The van der Waals surface area contributed by atoms with Gasteiger partial charge < -0.3 is 9.84 Å². The molecule has 1 N–H and O–H groups in total. The molecule has 0 aromatic heterocycles. The lowest BCUT2D eigenvalue weighted by molar-refractivity contribution is -0.136. The fraction of sp³-hybridized carbons (Fsp3) is 0.381. The summed E-state index contributed by atoms with van der Waals surface area (Å²) in [5, 5.41) is 8.49. The van der Waals surface area contributed by atoms with E-state index < -0.39 is 5.97 Å². The highest BCUT2D eigenvalue weighted by Gasteiger charge is 2.34. The summed E-state index contributed by atoms with van der Waals surface area (Å²) in [6, 6.07) is 0. The third kappa shape index (κ3) is 11.4. The summed E-state index contributed by atoms with van der Waals surface area (Å²) in [4.78, 5) is 10.3. The van der Waals surface area contributed by atoms with E-state index in [4.69, 9.17) is 9.84 Å². The Balaban J connectivity index is 2.05. The maximum Gasteiger partial charge on any atom is 0.303 e. The number of carboxylic acids is 1. The van der Waals surface area contributed by atoms with Gasteiger partial charge in [-0.15, -0.1) is 0 Å². The van der Waals surface area contributed by atoms with Crippen molar-refractivity contribution in [3.8, 4) is 0 Å². The van der Waals surface area contributed by atoms with E-state index in [0.717, 1.165) is 19.3 Å². The first-order valence-corrected chi connectivity index (χ1v) is 8.58. The van der Waals surface area contributed by atoms with Gasteiger partial charge in [-0.1, -0.05) is 79.8 Å². The number of hydrogen-bond acceptors (Lipinski definition) is 2. The molecule has 1 aliphatic rings. The molecule has 1 heterocycles. The summed E-state index contributed by atoms with van der Waals surface area (Å²) in [7, 11) is 0. The molecule has 1 aliphatic heterocycles. The summed E-state index contributed by atoms with van der Waals surface area (Å²) in [6.07, 6.45) is 28.6. The molecule has 0 aromatic rings. The van der Waals surface area contributed by atoms with Crippen molar-refractivity contribution in [1.82, 2.24) is 0 Å². The summed E-state index contributed by atoms with van der Waals surface area (Å²) < 4.78 is 5.54. The molecule has 0 unspecified atom stereocenters. The molecule has 130 valence electrons. The highest BCUT2D eigenvalue weighted by Crippen LogP contribution is 2.26. The minimum atomic E-state index is -0.754. The van der Waals surface area contributed by atoms with Gasteiger partial charge in [-0.05, 0) is 25.7 Å². The van der Waals surface area contributed by atoms with E-state index in [2.05, 4.69) is 25.2 Å². The van der Waals surface area contributed by atoms with E-state index in [1.807, 2.05) is 54.7 Å². The van der Waals surface area contributed by atoms with Gasteiger partial charge in [0, 0.05) is 6.42 Å². The first-order valence-electron chi connectivity index (χ1n) is 8.58. The van der Waals surface area contributed by atoms with Gasteiger partial charge in [-0.25, -0.2) is 0 Å². The van der Waals surface area contributed by atoms with Crippen LogP contribution in [0.1, 0.15) is 39.0 Å². The van der Waals surface area contributed by atoms with E-state index >= 15 is 0 Å². The van der Waals surface area contributed by atoms with Crippen LogP contribution in [0.3, 0.4) is 0 Å². The summed E-state index contributed by atoms with van der Waals surface area (Å²) in [6.45, 7) is 2.13. The van der Waals surface area contributed by atoms with Crippen LogP contribution in [0.25, 0.3) is 0 Å². The van der Waals surface area contributed by atoms with Gasteiger partial charge in [0.1, 0.15) is 6.10 Å². The Kier molecular flexibility index (Phi) is 11.1. The SMILES string of the molecule is CC/C=C\C[C@H]1O[C@@H]1/C=C/C=C/C=C\C=C/C/C=C\CCC(=O)O. The molecule has 0 aliphatic carbocycles. The Morgan fingerprint density at radius 3 is 2.46 bits per heavy atom. The zero-order valence-corrected chi connectivity index (χ0v) is 14.4. The van der Waals surface area contributed by atoms with Gasteiger partial charge in [0.05, 0.1) is 6.10 Å². The van der Waals surface area contributed by atoms with E-state index in [0.29, 0.717) is 12.5 Å². The Labute approximate surface area is 145 Å². The molecule has 1 rings (SSSR count). The zero-order valence-electron chi connectivity index (χ0n) is 14.4. The molecular weight excluding hydrogens is 300 g/mol. The van der Waals surface area contributed by atoms with Crippen LogP contribution in [0.15, 0.2) is 72.9 Å². The fourth-order valence-corrected chi connectivity index (χ4v) is 2.00. The monoisotopic (exact) mass is 328 g/mol. The molecule has 0 aromatic carbocycles. The van der Waals surface area contributed by atoms with Crippen molar-refractivity contribution < 1.29 is 14.6 Å². The van der Waals surface area contributed by atoms with E-state index in [-0.39, 0.29) is 12.5 Å². The van der Waals surface area contributed by atoms with Crippen LogP contribution >= 0.6 is 0 Å². The minimum absolute atomic E-state index is 0.195. The quantitative estimate of drug-likeness (QED) is 0.306. The number of carboxylic acid groups (broad SMARTS) is 1. The van der Waals surface area contributed by atoms with Crippen molar-refractivity contribution in [1.29, 1.82) is 0 Å². The molecule has 3 heteroatoms. The molecule has 0 spiro atoms. The van der Waals surface area contributed by atoms with Gasteiger partial charge in [0.25, 0.3) is 0 Å². The van der Waals surface area contributed by atoms with Gasteiger partial charge in [0.15, 0.2) is 0 Å². The molecule has 24 heavy (non-hydrogen) atoms. The smallest absolute Gasteiger partial charge is 0.303 e. The number of epoxide rings is 1. The Hall–Kier alpha value is -2.13. The van der Waals surface area contributed by atoms with Crippen molar-refractivity contribution >= 4 is 5.97 Å². The molecule has 1 saturated heterocycles. The minimum Gasteiger partial charge on any atom is -0.481 e. The number of carbonyl (C=O) groups is 1. The molecule has 3 nitrogen and oxygen atoms in total. The number of ether oxygens (including phenoxy) is 1. The van der Waals surface area contributed by atoms with E-state index in [1.165, 1.54) is 0 Å². The Bertz CT molecular complexity index is 521. The van der Waals surface area contributed by atoms with Crippen molar-refractivity contribution in [2.24, 2.45) is 0 Å². The fourth-order valence-electron chi connectivity index (χ4n) is 2.00. The Morgan fingerprint density at radius 1 is 0.958 bits per heavy atom. The standard InChI is InChI=1S/C21H28O3/c1-2-3-13-16-19-20(24-19)17-14-11-9-7-5-4-6-8-10-12-15-18-21(22)23/h3-7,9-14,17,19-20H,2,8,15-16,18H2,1H3,(H,22,23)/b6-4-,7-5-,11-9+,12-10-,13-3-,17-14+/t19-,20-/m1/s1. The average Bonchev–Trinajstić information content (AvgIpc) is 3.30. The topological polar surface area (TPSA) is 49.8 Å². The molecule has 0 bridgehead atoms. The second-order valence-electron chi connectivity index (χ2n) is 5.48. The van der Waals surface area contributed by atoms with Crippen LogP contribution < -0.4 is 0 Å². The van der Waals surface area contributed by atoms with Gasteiger partial charge in [-0.3, -0.25) is 4.79 Å². The van der Waals surface area contributed by atoms with Crippen LogP contribution in [0.4, 0.5) is 0 Å². The lowest BCUT2D eigenvalue weighted by atomic mass is 10.2. The van der Waals surface area contributed by atoms with E-state index in [1.54, 1.807) is 0 Å². The number of hydrogen-bond donors (Lipinski definition) is 1. The number of allylic oxidation sites excluding steroid dienone is 10. The largest absolute Gasteiger partial charge is 0.481 e. The molecule has 0 amide bonds. The van der Waals surface area contributed by atoms with Crippen molar-refractivity contribution in [3.05, 3.63) is 72.9 Å². The van der Waals surface area contributed by atoms with Crippen molar-refractivity contribution in [2.75, 3.05) is 0 Å². The van der Waals surface area contributed by atoms with Gasteiger partial charge >= 0.3 is 5.97 Å². The van der Waals surface area contributed by atoms with Crippen LogP contribution in [-0.4, -0.2) is 23.3 Å². The predicted molar refractivity (Wildman–Crippen MR) is 99.9 cm³/mol. The predicted octanol–water partition coefficient (Wildman–Crippen LogP) is 5.15. The van der Waals surface area contributed by atoms with Crippen molar-refractivity contribution in [2.45, 2.75) is 51.2 Å². The van der Waals surface area contributed by atoms with E-state index in [9.17, 15) is 4.79 Å². The maximum atomic E-state index is 10.3. The normalized spacial score (nSPS) is 21.5. The van der Waals surface area contributed by atoms with Crippen molar-refractivity contribution in [3.63, 3.8) is 0 Å². The highest BCUT2D eigenvalue weighted by atomic mass is 16.6. The molecule has 1 fully saturated rings. The van der Waals surface area contributed by atoms with Crippen LogP contribution in [0, 0.1) is 0 Å². The second kappa shape index (κ2) is 13.3. The summed E-state index contributed by atoms with van der Waals surface area (Å²) >= 11 is 0. The lowest BCUT2D eigenvalue weighted by Crippen LogP contribution is -1.91. The lowest BCUT2D eigenvalue weighted by Gasteiger charge is -1.86. The first-order chi connectivity index (χ1) is 11.7. The third-order valence-electron chi connectivity index (χ3n) is 3.35. The highest BCUT2D eigenvalue weighted by molar-refractivity contribution is 5.66. The third-order valence-corrected chi connectivity index (χ3v) is 3.35. The molecule has 2 atom stereocenters. The number of aliphatic carboxylic acids is 1. The van der Waals surface area contributed by atoms with Gasteiger partial charge in [0.2, 0.25) is 0 Å². The van der Waals surface area contributed by atoms with Crippen LogP contribution in [0.2, 0.25) is 0 Å².